The van der Waals surface area contributed by atoms with Gasteiger partial charge in [-0.25, -0.2) is 0 Å². The summed E-state index contributed by atoms with van der Waals surface area (Å²) in [5.74, 6) is -0.435. The van der Waals surface area contributed by atoms with Crippen molar-refractivity contribution >= 4 is 28.8 Å². The zero-order valence-electron chi connectivity index (χ0n) is 12.6. The molecule has 1 saturated heterocycles. The molecule has 0 spiro atoms. The Kier molecular flexibility index (Phi) is 3.98. The third-order valence-electron chi connectivity index (χ3n) is 4.05. The Morgan fingerprint density at radius 1 is 1.27 bits per heavy atom. The number of rotatable bonds is 3. The van der Waals surface area contributed by atoms with Crippen LogP contribution in [0.5, 0.6) is 0 Å². The van der Waals surface area contributed by atoms with E-state index >= 15 is 0 Å². The smallest absolute Gasteiger partial charge is 0.228 e. The molecule has 0 radical (unpaired) electrons. The highest BCUT2D eigenvalue weighted by atomic mass is 32.1. The predicted octanol–water partition coefficient (Wildman–Crippen LogP) is 2.90. The van der Waals surface area contributed by atoms with Crippen LogP contribution < -0.4 is 10.2 Å². The number of aryl methyl sites for hydroxylation is 1. The summed E-state index contributed by atoms with van der Waals surface area (Å²) in [6.07, 6.45) is 0.246. The Labute approximate surface area is 133 Å². The van der Waals surface area contributed by atoms with Crippen molar-refractivity contribution in [3.05, 3.63) is 52.2 Å². The highest BCUT2D eigenvalue weighted by Crippen LogP contribution is 2.42. The zero-order chi connectivity index (χ0) is 15.7. The molecule has 2 aromatic rings. The standard InChI is InChI=1S/C17H18N2O2S/c1-11-5-7-12(8-6-11)19-15(20)10-13(17(21)18-2)16(19)14-4-3-9-22-14/h3-9,13,16H,10H2,1-2H3,(H,18,21). The number of nitrogens with zero attached hydrogens (tertiary/aromatic N) is 1. The lowest BCUT2D eigenvalue weighted by atomic mass is 9.97. The van der Waals surface area contributed by atoms with Crippen LogP contribution in [0.15, 0.2) is 41.8 Å². The van der Waals surface area contributed by atoms with Gasteiger partial charge in [-0.1, -0.05) is 23.8 Å². The number of nitrogens with one attached hydrogen (secondary N) is 1. The first-order valence-corrected chi connectivity index (χ1v) is 8.13. The van der Waals surface area contributed by atoms with Gasteiger partial charge in [0, 0.05) is 24.0 Å². The second-order valence-corrected chi connectivity index (χ2v) is 6.46. The van der Waals surface area contributed by atoms with Crippen LogP contribution in [-0.2, 0) is 9.59 Å². The van der Waals surface area contributed by atoms with Gasteiger partial charge >= 0.3 is 0 Å². The van der Waals surface area contributed by atoms with Gasteiger partial charge in [-0.2, -0.15) is 0 Å². The SMILES string of the molecule is CNC(=O)C1CC(=O)N(c2ccc(C)cc2)C1c1cccs1. The first kappa shape index (κ1) is 14.8. The molecular formula is C17H18N2O2S. The average Bonchev–Trinajstić information content (AvgIpc) is 3.14. The van der Waals surface area contributed by atoms with Crippen molar-refractivity contribution in [3.8, 4) is 0 Å². The largest absolute Gasteiger partial charge is 0.359 e. The summed E-state index contributed by atoms with van der Waals surface area (Å²) in [6, 6.07) is 11.6. The maximum Gasteiger partial charge on any atom is 0.228 e. The molecule has 5 heteroatoms. The minimum Gasteiger partial charge on any atom is -0.359 e. The number of hydrogen-bond acceptors (Lipinski definition) is 3. The van der Waals surface area contributed by atoms with Crippen molar-refractivity contribution in [1.29, 1.82) is 0 Å². The normalized spacial score (nSPS) is 21.2. The fourth-order valence-corrected chi connectivity index (χ4v) is 3.83. The van der Waals surface area contributed by atoms with Crippen molar-refractivity contribution in [1.82, 2.24) is 5.32 Å². The molecule has 1 aromatic heterocycles. The summed E-state index contributed by atoms with van der Waals surface area (Å²) in [5, 5.41) is 4.67. The van der Waals surface area contributed by atoms with Crippen molar-refractivity contribution < 1.29 is 9.59 Å². The number of carbonyl (C=O) groups excluding carboxylic acids is 2. The van der Waals surface area contributed by atoms with Gasteiger partial charge in [0.05, 0.1) is 12.0 Å². The van der Waals surface area contributed by atoms with Crippen molar-refractivity contribution in [2.75, 3.05) is 11.9 Å². The van der Waals surface area contributed by atoms with E-state index in [0.29, 0.717) is 0 Å². The summed E-state index contributed by atoms with van der Waals surface area (Å²) in [7, 11) is 1.62. The second-order valence-electron chi connectivity index (χ2n) is 5.48. The average molecular weight is 314 g/mol. The van der Waals surface area contributed by atoms with Gasteiger partial charge in [0.15, 0.2) is 0 Å². The first-order chi connectivity index (χ1) is 10.6. The Balaban J connectivity index is 2.04. The highest BCUT2D eigenvalue weighted by molar-refractivity contribution is 7.10. The van der Waals surface area contributed by atoms with Gasteiger partial charge in [-0.15, -0.1) is 11.3 Å². The number of hydrogen-bond donors (Lipinski definition) is 1. The van der Waals surface area contributed by atoms with Gasteiger partial charge in [0.1, 0.15) is 0 Å². The fourth-order valence-electron chi connectivity index (χ4n) is 2.95. The van der Waals surface area contributed by atoms with Crippen molar-refractivity contribution in [2.45, 2.75) is 19.4 Å². The van der Waals surface area contributed by atoms with Crippen LogP contribution >= 0.6 is 11.3 Å². The predicted molar refractivity (Wildman–Crippen MR) is 87.9 cm³/mol. The maximum atomic E-state index is 12.5. The highest BCUT2D eigenvalue weighted by Gasteiger charge is 2.45. The number of benzene rings is 1. The van der Waals surface area contributed by atoms with E-state index in [1.54, 1.807) is 23.3 Å². The Bertz CT molecular complexity index is 679. The lowest BCUT2D eigenvalue weighted by Gasteiger charge is -2.27. The van der Waals surface area contributed by atoms with Gasteiger partial charge in [-0.05, 0) is 30.5 Å². The van der Waals surface area contributed by atoms with Gasteiger partial charge in [-0.3, -0.25) is 9.59 Å². The first-order valence-electron chi connectivity index (χ1n) is 7.25. The topological polar surface area (TPSA) is 49.4 Å². The molecule has 2 atom stereocenters. The molecule has 1 N–H and O–H groups in total. The van der Waals surface area contributed by atoms with Gasteiger partial charge < -0.3 is 10.2 Å². The Morgan fingerprint density at radius 3 is 2.59 bits per heavy atom. The van der Waals surface area contributed by atoms with E-state index in [1.165, 1.54) is 0 Å². The lowest BCUT2D eigenvalue weighted by Crippen LogP contribution is -2.33. The molecule has 3 rings (SSSR count). The molecule has 0 aliphatic carbocycles. The van der Waals surface area contributed by atoms with E-state index in [4.69, 9.17) is 0 Å². The second kappa shape index (κ2) is 5.93. The molecule has 22 heavy (non-hydrogen) atoms. The molecule has 1 aromatic carbocycles. The molecule has 2 amide bonds. The van der Waals surface area contributed by atoms with Crippen LogP contribution in [0.3, 0.4) is 0 Å². The van der Waals surface area contributed by atoms with Crippen LogP contribution in [0, 0.1) is 12.8 Å². The van der Waals surface area contributed by atoms with E-state index in [9.17, 15) is 9.59 Å². The Hall–Kier alpha value is -2.14. The minimum absolute atomic E-state index is 0.00384. The molecule has 1 aliphatic heterocycles. The maximum absolute atomic E-state index is 12.5. The molecule has 2 unspecified atom stereocenters. The molecule has 0 bridgehead atoms. The molecule has 1 fully saturated rings. The molecule has 4 nitrogen and oxygen atoms in total. The van der Waals surface area contributed by atoms with Crippen LogP contribution in [-0.4, -0.2) is 18.9 Å². The van der Waals surface area contributed by atoms with E-state index < -0.39 is 0 Å². The third-order valence-corrected chi connectivity index (χ3v) is 5.00. The van der Waals surface area contributed by atoms with Crippen molar-refractivity contribution in [2.24, 2.45) is 5.92 Å². The van der Waals surface area contributed by atoms with Crippen LogP contribution in [0.25, 0.3) is 0 Å². The molecule has 1 aliphatic rings. The zero-order valence-corrected chi connectivity index (χ0v) is 13.4. The van der Waals surface area contributed by atoms with Crippen LogP contribution in [0.4, 0.5) is 5.69 Å². The lowest BCUT2D eigenvalue weighted by molar-refractivity contribution is -0.126. The summed E-state index contributed by atoms with van der Waals surface area (Å²) in [5.41, 5.74) is 1.99. The molecular weight excluding hydrogens is 296 g/mol. The molecule has 2 heterocycles. The number of thiophene rings is 1. The van der Waals surface area contributed by atoms with Crippen LogP contribution in [0.1, 0.15) is 22.9 Å². The summed E-state index contributed by atoms with van der Waals surface area (Å²) >= 11 is 1.58. The van der Waals surface area contributed by atoms with E-state index in [1.807, 2.05) is 48.7 Å². The van der Waals surface area contributed by atoms with E-state index in [-0.39, 0.29) is 30.2 Å². The fraction of sp³-hybridized carbons (Fsp3) is 0.294. The van der Waals surface area contributed by atoms with E-state index in [2.05, 4.69) is 5.32 Å². The van der Waals surface area contributed by atoms with E-state index in [0.717, 1.165) is 16.1 Å². The summed E-state index contributed by atoms with van der Waals surface area (Å²) in [6.45, 7) is 2.01. The monoisotopic (exact) mass is 314 g/mol. The summed E-state index contributed by atoms with van der Waals surface area (Å²) in [4.78, 5) is 27.6. The Morgan fingerprint density at radius 2 is 2.00 bits per heavy atom. The quantitative estimate of drug-likeness (QED) is 0.947. The van der Waals surface area contributed by atoms with Crippen LogP contribution in [0.2, 0.25) is 0 Å². The number of carbonyl (C=O) groups is 2. The summed E-state index contributed by atoms with van der Waals surface area (Å²) < 4.78 is 0. The number of anilines is 1. The number of amides is 2. The van der Waals surface area contributed by atoms with Crippen molar-refractivity contribution in [3.63, 3.8) is 0 Å². The molecule has 0 saturated carbocycles. The van der Waals surface area contributed by atoms with Gasteiger partial charge in [0.25, 0.3) is 0 Å². The third kappa shape index (κ3) is 2.52. The van der Waals surface area contributed by atoms with Gasteiger partial charge in [0.2, 0.25) is 11.8 Å². The minimum atomic E-state index is -0.350. The molecule has 114 valence electrons.